The van der Waals surface area contributed by atoms with Gasteiger partial charge in [-0.25, -0.2) is 0 Å². The topological polar surface area (TPSA) is 40.5 Å². The van der Waals surface area contributed by atoms with Gasteiger partial charge in [0.25, 0.3) is 0 Å². The van der Waals surface area contributed by atoms with Gasteiger partial charge in [0, 0.05) is 17.8 Å². The highest BCUT2D eigenvalue weighted by Crippen LogP contribution is 2.39. The first-order valence-electron chi connectivity index (χ1n) is 6.40. The highest BCUT2D eigenvalue weighted by Gasteiger charge is 2.36. The van der Waals surface area contributed by atoms with Gasteiger partial charge in [0.05, 0.1) is 12.0 Å². The van der Waals surface area contributed by atoms with E-state index in [1.807, 2.05) is 18.7 Å². The van der Waals surface area contributed by atoms with Crippen LogP contribution >= 0.6 is 0 Å². The molecule has 1 aromatic carbocycles. The number of fused-ring (bicyclic) bond motifs is 1. The Morgan fingerprint density at radius 3 is 2.60 bits per heavy atom. The van der Waals surface area contributed by atoms with E-state index in [1.54, 1.807) is 0 Å². The highest BCUT2D eigenvalue weighted by molar-refractivity contribution is 5.71. The maximum absolute atomic E-state index is 12.7. The van der Waals surface area contributed by atoms with Crippen molar-refractivity contribution in [3.8, 4) is 0 Å². The first-order chi connectivity index (χ1) is 9.20. The van der Waals surface area contributed by atoms with E-state index in [1.165, 1.54) is 6.07 Å². The summed E-state index contributed by atoms with van der Waals surface area (Å²) in [4.78, 5) is 12.8. The molecule has 1 aliphatic rings. The molecule has 0 spiro atoms. The molecule has 0 bridgehead atoms. The summed E-state index contributed by atoms with van der Waals surface area (Å²) in [5.41, 5.74) is 0.593. The van der Waals surface area contributed by atoms with E-state index in [-0.39, 0.29) is 18.5 Å². The molecule has 0 aliphatic carbocycles. The lowest BCUT2D eigenvalue weighted by Crippen LogP contribution is -2.39. The van der Waals surface area contributed by atoms with E-state index in [2.05, 4.69) is 0 Å². The van der Waals surface area contributed by atoms with Crippen LogP contribution in [0.15, 0.2) is 18.2 Å². The zero-order valence-corrected chi connectivity index (χ0v) is 11.2. The van der Waals surface area contributed by atoms with E-state index < -0.39 is 17.7 Å². The second-order valence-corrected chi connectivity index (χ2v) is 5.30. The van der Waals surface area contributed by atoms with Gasteiger partial charge in [-0.1, -0.05) is 0 Å². The SMILES string of the molecule is CC(C)N1c2ccc(C(F)(F)F)cc2CC1CC(=O)O. The van der Waals surface area contributed by atoms with E-state index in [4.69, 9.17) is 5.11 Å². The van der Waals surface area contributed by atoms with Crippen molar-refractivity contribution in [3.05, 3.63) is 29.3 Å². The second-order valence-electron chi connectivity index (χ2n) is 5.30. The molecule has 6 heteroatoms. The van der Waals surface area contributed by atoms with E-state index in [0.717, 1.165) is 12.1 Å². The fourth-order valence-corrected chi connectivity index (χ4v) is 2.80. The van der Waals surface area contributed by atoms with Crippen molar-refractivity contribution in [1.29, 1.82) is 0 Å². The molecule has 1 unspecified atom stereocenters. The number of rotatable bonds is 3. The van der Waals surface area contributed by atoms with Crippen LogP contribution in [0.5, 0.6) is 0 Å². The predicted molar refractivity (Wildman–Crippen MR) is 68.8 cm³/mol. The lowest BCUT2D eigenvalue weighted by molar-refractivity contribution is -0.138. The number of carboxylic acid groups (broad SMARTS) is 1. The van der Waals surface area contributed by atoms with Crippen LogP contribution in [0.2, 0.25) is 0 Å². The molecule has 0 aromatic heterocycles. The summed E-state index contributed by atoms with van der Waals surface area (Å²) in [7, 11) is 0. The molecule has 110 valence electrons. The lowest BCUT2D eigenvalue weighted by atomic mass is 10.0. The minimum atomic E-state index is -4.37. The van der Waals surface area contributed by atoms with Gasteiger partial charge in [0.1, 0.15) is 0 Å². The molecule has 0 radical (unpaired) electrons. The predicted octanol–water partition coefficient (Wildman–Crippen LogP) is 3.32. The van der Waals surface area contributed by atoms with Crippen LogP contribution in [0.25, 0.3) is 0 Å². The smallest absolute Gasteiger partial charge is 0.416 e. The Labute approximate surface area is 115 Å². The van der Waals surface area contributed by atoms with Gasteiger partial charge in [-0.05, 0) is 44.0 Å². The van der Waals surface area contributed by atoms with Crippen LogP contribution in [-0.2, 0) is 17.4 Å². The average molecular weight is 287 g/mol. The Kier molecular flexibility index (Phi) is 3.67. The van der Waals surface area contributed by atoms with Gasteiger partial charge < -0.3 is 10.0 Å². The van der Waals surface area contributed by atoms with Crippen LogP contribution < -0.4 is 4.90 Å². The number of aliphatic carboxylic acids is 1. The largest absolute Gasteiger partial charge is 0.481 e. The fraction of sp³-hybridized carbons (Fsp3) is 0.500. The Bertz CT molecular complexity index is 526. The molecule has 1 atom stereocenters. The zero-order chi connectivity index (χ0) is 15.1. The molecule has 0 saturated heterocycles. The molecule has 0 amide bonds. The monoisotopic (exact) mass is 287 g/mol. The average Bonchev–Trinajstić information content (AvgIpc) is 2.63. The number of anilines is 1. The first kappa shape index (κ1) is 14.7. The van der Waals surface area contributed by atoms with E-state index in [9.17, 15) is 18.0 Å². The van der Waals surface area contributed by atoms with Crippen LogP contribution in [0.3, 0.4) is 0 Å². The molecular weight excluding hydrogens is 271 g/mol. The standard InChI is InChI=1S/C14H16F3NO2/c1-8(2)18-11(7-13(19)20)6-9-5-10(14(15,16)17)3-4-12(9)18/h3-5,8,11H,6-7H2,1-2H3,(H,19,20). The summed E-state index contributed by atoms with van der Waals surface area (Å²) in [5, 5.41) is 8.93. The van der Waals surface area contributed by atoms with Gasteiger partial charge in [-0.3, -0.25) is 4.79 Å². The van der Waals surface area contributed by atoms with Crippen molar-refractivity contribution in [1.82, 2.24) is 0 Å². The molecule has 1 aliphatic heterocycles. The van der Waals surface area contributed by atoms with Gasteiger partial charge in [0.15, 0.2) is 0 Å². The van der Waals surface area contributed by atoms with E-state index in [0.29, 0.717) is 17.7 Å². The third-order valence-corrected chi connectivity index (χ3v) is 3.50. The molecule has 1 N–H and O–H groups in total. The molecule has 0 saturated carbocycles. The van der Waals surface area contributed by atoms with Crippen LogP contribution in [-0.4, -0.2) is 23.2 Å². The van der Waals surface area contributed by atoms with E-state index >= 15 is 0 Å². The Morgan fingerprint density at radius 2 is 2.10 bits per heavy atom. The summed E-state index contributed by atoms with van der Waals surface area (Å²) >= 11 is 0. The minimum Gasteiger partial charge on any atom is -0.481 e. The van der Waals surface area contributed by atoms with Gasteiger partial charge >= 0.3 is 12.1 Å². The second kappa shape index (κ2) is 5.00. The molecule has 1 aromatic rings. The van der Waals surface area contributed by atoms with Crippen molar-refractivity contribution >= 4 is 11.7 Å². The van der Waals surface area contributed by atoms with Gasteiger partial charge in [0.2, 0.25) is 0 Å². The Morgan fingerprint density at radius 1 is 1.45 bits per heavy atom. The number of halogens is 3. The summed E-state index contributed by atoms with van der Waals surface area (Å²) in [6.07, 6.45) is -4.11. The lowest BCUT2D eigenvalue weighted by Gasteiger charge is -2.30. The third kappa shape index (κ3) is 2.73. The number of alkyl halides is 3. The number of carboxylic acids is 1. The quantitative estimate of drug-likeness (QED) is 0.927. The number of carbonyl (C=O) groups is 1. The van der Waals surface area contributed by atoms with Crippen molar-refractivity contribution in [2.75, 3.05) is 4.90 Å². The number of nitrogens with zero attached hydrogens (tertiary/aromatic N) is 1. The molecule has 3 nitrogen and oxygen atoms in total. The minimum absolute atomic E-state index is 0.0392. The van der Waals surface area contributed by atoms with Crippen LogP contribution in [0.4, 0.5) is 18.9 Å². The molecular formula is C14H16F3NO2. The fourth-order valence-electron chi connectivity index (χ4n) is 2.80. The van der Waals surface area contributed by atoms with Gasteiger partial charge in [-0.15, -0.1) is 0 Å². The molecule has 1 heterocycles. The number of hydrogen-bond donors (Lipinski definition) is 1. The van der Waals surface area contributed by atoms with Crippen molar-refractivity contribution in [2.24, 2.45) is 0 Å². The Hall–Kier alpha value is -1.72. The van der Waals surface area contributed by atoms with Crippen molar-refractivity contribution in [2.45, 2.75) is 44.9 Å². The summed E-state index contributed by atoms with van der Waals surface area (Å²) in [5.74, 6) is -0.940. The summed E-state index contributed by atoms with van der Waals surface area (Å²) in [6.45, 7) is 3.81. The van der Waals surface area contributed by atoms with Crippen molar-refractivity contribution < 1.29 is 23.1 Å². The van der Waals surface area contributed by atoms with Crippen LogP contribution in [0.1, 0.15) is 31.4 Å². The highest BCUT2D eigenvalue weighted by atomic mass is 19.4. The molecule has 2 rings (SSSR count). The maximum Gasteiger partial charge on any atom is 0.416 e. The van der Waals surface area contributed by atoms with Gasteiger partial charge in [-0.2, -0.15) is 13.2 Å². The maximum atomic E-state index is 12.7. The van der Waals surface area contributed by atoms with Crippen molar-refractivity contribution in [3.63, 3.8) is 0 Å². The molecule has 0 fully saturated rings. The first-order valence-corrected chi connectivity index (χ1v) is 6.40. The summed E-state index contributed by atoms with van der Waals surface area (Å²) < 4.78 is 38.1. The Balaban J connectivity index is 2.38. The third-order valence-electron chi connectivity index (χ3n) is 3.50. The number of hydrogen-bond acceptors (Lipinski definition) is 2. The molecule has 20 heavy (non-hydrogen) atoms. The number of benzene rings is 1. The normalized spacial score (nSPS) is 18.5. The summed E-state index contributed by atoms with van der Waals surface area (Å²) in [6, 6.07) is 3.38. The zero-order valence-electron chi connectivity index (χ0n) is 11.2. The van der Waals surface area contributed by atoms with Crippen LogP contribution in [0, 0.1) is 0 Å².